The summed E-state index contributed by atoms with van der Waals surface area (Å²) in [5.74, 6) is -0.421. The van der Waals surface area contributed by atoms with E-state index in [-0.39, 0.29) is 18.0 Å². The Hall–Kier alpha value is -0.640. The number of hydrogen-bond acceptors (Lipinski definition) is 3. The number of ether oxygens (including phenoxy) is 1. The number of aldehydes is 1. The minimum atomic E-state index is -0.349. The number of esters is 1. The first kappa shape index (κ1) is 9.45. The monoisotopic (exact) mass is 232 g/mol. The number of hydrogen-bond donors (Lipinski definition) is 0. The molecule has 4 heteroatoms. The zero-order chi connectivity index (χ0) is 9.14. The van der Waals surface area contributed by atoms with Crippen molar-refractivity contribution in [3.8, 4) is 0 Å². The van der Waals surface area contributed by atoms with Crippen molar-refractivity contribution in [2.24, 2.45) is 5.92 Å². The molecule has 0 bridgehead atoms. The zero-order valence-corrected chi connectivity index (χ0v) is 8.21. The molecule has 3 nitrogen and oxygen atoms in total. The molecule has 2 atom stereocenters. The van der Waals surface area contributed by atoms with Crippen LogP contribution in [0.15, 0.2) is 10.6 Å². The third kappa shape index (κ3) is 2.17. The fourth-order valence-corrected chi connectivity index (χ4v) is 1.39. The molecule has 0 N–H and O–H groups in total. The van der Waals surface area contributed by atoms with Crippen LogP contribution in [-0.4, -0.2) is 18.4 Å². The van der Waals surface area contributed by atoms with Gasteiger partial charge in [-0.3, -0.25) is 0 Å². The van der Waals surface area contributed by atoms with Gasteiger partial charge in [0.1, 0.15) is 16.9 Å². The normalized spacial score (nSPS) is 24.7. The SMILES string of the molecule is CC(C=O)CC1C=C(Br)C(=O)O1. The predicted molar refractivity (Wildman–Crippen MR) is 46.7 cm³/mol. The summed E-state index contributed by atoms with van der Waals surface area (Å²) >= 11 is 3.05. The van der Waals surface area contributed by atoms with Crippen LogP contribution in [0.5, 0.6) is 0 Å². The van der Waals surface area contributed by atoms with Gasteiger partial charge in [-0.2, -0.15) is 0 Å². The number of halogens is 1. The molecule has 1 aliphatic rings. The molecule has 0 aromatic carbocycles. The summed E-state index contributed by atoms with van der Waals surface area (Å²) in [4.78, 5) is 21.1. The standard InChI is InChI=1S/C8H9BrO3/c1-5(4-10)2-6-3-7(9)8(11)12-6/h3-6H,2H2,1H3. The lowest BCUT2D eigenvalue weighted by Gasteiger charge is -2.08. The average Bonchev–Trinajstić information content (AvgIpc) is 2.31. The first-order chi connectivity index (χ1) is 5.63. The van der Waals surface area contributed by atoms with E-state index < -0.39 is 0 Å². The van der Waals surface area contributed by atoms with Gasteiger partial charge in [-0.25, -0.2) is 4.79 Å². The second-order valence-corrected chi connectivity index (χ2v) is 3.66. The molecular formula is C8H9BrO3. The highest BCUT2D eigenvalue weighted by Gasteiger charge is 2.24. The highest BCUT2D eigenvalue weighted by molar-refractivity contribution is 9.12. The Morgan fingerprint density at radius 1 is 1.83 bits per heavy atom. The maximum atomic E-state index is 10.8. The largest absolute Gasteiger partial charge is 0.454 e. The van der Waals surface area contributed by atoms with Gasteiger partial charge in [-0.15, -0.1) is 0 Å². The molecule has 0 aromatic rings. The van der Waals surface area contributed by atoms with Gasteiger partial charge in [-0.05, 0) is 28.4 Å². The summed E-state index contributed by atoms with van der Waals surface area (Å²) in [5, 5.41) is 0. The summed E-state index contributed by atoms with van der Waals surface area (Å²) in [6, 6.07) is 0. The van der Waals surface area contributed by atoms with Crippen molar-refractivity contribution in [2.45, 2.75) is 19.4 Å². The minimum Gasteiger partial charge on any atom is -0.454 e. The molecule has 0 saturated heterocycles. The quantitative estimate of drug-likeness (QED) is 0.546. The van der Waals surface area contributed by atoms with Crippen molar-refractivity contribution >= 4 is 28.2 Å². The van der Waals surface area contributed by atoms with E-state index in [4.69, 9.17) is 4.74 Å². The van der Waals surface area contributed by atoms with Crippen LogP contribution in [0.2, 0.25) is 0 Å². The molecule has 1 heterocycles. The second-order valence-electron chi connectivity index (χ2n) is 2.81. The van der Waals surface area contributed by atoms with E-state index in [1.807, 2.05) is 0 Å². The maximum absolute atomic E-state index is 10.8. The van der Waals surface area contributed by atoms with Crippen molar-refractivity contribution in [3.63, 3.8) is 0 Å². The number of rotatable bonds is 3. The van der Waals surface area contributed by atoms with Crippen LogP contribution >= 0.6 is 15.9 Å². The van der Waals surface area contributed by atoms with Gasteiger partial charge in [0, 0.05) is 5.92 Å². The lowest BCUT2D eigenvalue weighted by molar-refractivity contribution is -0.139. The van der Waals surface area contributed by atoms with Crippen LogP contribution in [0.4, 0.5) is 0 Å². The van der Waals surface area contributed by atoms with Crippen molar-refractivity contribution in [2.75, 3.05) is 0 Å². The van der Waals surface area contributed by atoms with E-state index in [9.17, 15) is 9.59 Å². The molecule has 0 amide bonds. The van der Waals surface area contributed by atoms with Crippen LogP contribution < -0.4 is 0 Å². The van der Waals surface area contributed by atoms with Crippen LogP contribution in [-0.2, 0) is 14.3 Å². The van der Waals surface area contributed by atoms with Gasteiger partial charge in [0.2, 0.25) is 0 Å². The molecule has 12 heavy (non-hydrogen) atoms. The number of carbonyl (C=O) groups excluding carboxylic acids is 2. The Morgan fingerprint density at radius 3 is 2.92 bits per heavy atom. The Labute approximate surface area is 78.9 Å². The third-order valence-corrected chi connectivity index (χ3v) is 2.21. The second kappa shape index (κ2) is 3.85. The minimum absolute atomic E-state index is 0.0718. The van der Waals surface area contributed by atoms with E-state index in [1.165, 1.54) is 0 Å². The first-order valence-corrected chi connectivity index (χ1v) is 4.46. The summed E-state index contributed by atoms with van der Waals surface area (Å²) in [7, 11) is 0. The van der Waals surface area contributed by atoms with Crippen LogP contribution in [0.1, 0.15) is 13.3 Å². The molecule has 1 rings (SSSR count). The molecule has 0 spiro atoms. The Balaban J connectivity index is 2.47. The van der Waals surface area contributed by atoms with Crippen molar-refractivity contribution in [1.82, 2.24) is 0 Å². The Kier molecular flexibility index (Phi) is 3.03. The Morgan fingerprint density at radius 2 is 2.50 bits per heavy atom. The van der Waals surface area contributed by atoms with Crippen LogP contribution in [0.3, 0.4) is 0 Å². The molecule has 1 aliphatic heterocycles. The predicted octanol–water partition coefficient (Wildman–Crippen LogP) is 1.42. The van der Waals surface area contributed by atoms with Crippen LogP contribution in [0.25, 0.3) is 0 Å². The molecule has 66 valence electrons. The van der Waals surface area contributed by atoms with Crippen molar-refractivity contribution in [1.29, 1.82) is 0 Å². The molecular weight excluding hydrogens is 224 g/mol. The fraction of sp³-hybridized carbons (Fsp3) is 0.500. The molecule has 0 fully saturated rings. The van der Waals surface area contributed by atoms with E-state index in [0.717, 1.165) is 6.29 Å². The summed E-state index contributed by atoms with van der Waals surface area (Å²) in [5.41, 5.74) is 0. The summed E-state index contributed by atoms with van der Waals surface area (Å²) < 4.78 is 5.36. The van der Waals surface area contributed by atoms with Crippen molar-refractivity contribution < 1.29 is 14.3 Å². The van der Waals surface area contributed by atoms with Gasteiger partial charge in [0.25, 0.3) is 0 Å². The topological polar surface area (TPSA) is 43.4 Å². The summed E-state index contributed by atoms with van der Waals surface area (Å²) in [6.45, 7) is 1.79. The molecule has 0 aliphatic carbocycles. The number of carbonyl (C=O) groups is 2. The first-order valence-electron chi connectivity index (χ1n) is 3.67. The van der Waals surface area contributed by atoms with E-state index in [2.05, 4.69) is 15.9 Å². The van der Waals surface area contributed by atoms with Gasteiger partial charge >= 0.3 is 5.97 Å². The highest BCUT2D eigenvalue weighted by Crippen LogP contribution is 2.22. The maximum Gasteiger partial charge on any atom is 0.345 e. The number of cyclic esters (lactones) is 1. The lowest BCUT2D eigenvalue weighted by Crippen LogP contribution is -2.12. The van der Waals surface area contributed by atoms with Crippen LogP contribution in [0, 0.1) is 5.92 Å². The van der Waals surface area contributed by atoms with E-state index >= 15 is 0 Å². The Bertz CT molecular complexity index is 234. The third-order valence-electron chi connectivity index (χ3n) is 1.62. The summed E-state index contributed by atoms with van der Waals surface area (Å²) in [6.07, 6.45) is 2.85. The molecule has 0 aromatic heterocycles. The molecule has 0 radical (unpaired) electrons. The molecule has 2 unspecified atom stereocenters. The van der Waals surface area contributed by atoms with Gasteiger partial charge in [0.05, 0.1) is 0 Å². The van der Waals surface area contributed by atoms with Gasteiger partial charge < -0.3 is 9.53 Å². The van der Waals surface area contributed by atoms with E-state index in [0.29, 0.717) is 10.9 Å². The van der Waals surface area contributed by atoms with E-state index in [1.54, 1.807) is 13.0 Å². The smallest absolute Gasteiger partial charge is 0.345 e. The highest BCUT2D eigenvalue weighted by atomic mass is 79.9. The average molecular weight is 233 g/mol. The fourth-order valence-electron chi connectivity index (χ4n) is 0.997. The molecule has 0 saturated carbocycles. The van der Waals surface area contributed by atoms with Gasteiger partial charge in [-0.1, -0.05) is 6.92 Å². The van der Waals surface area contributed by atoms with Gasteiger partial charge in [0.15, 0.2) is 0 Å². The lowest BCUT2D eigenvalue weighted by atomic mass is 10.1. The van der Waals surface area contributed by atoms with Crippen molar-refractivity contribution in [3.05, 3.63) is 10.6 Å². The zero-order valence-electron chi connectivity index (χ0n) is 6.62.